The van der Waals surface area contributed by atoms with Crippen LogP contribution in [0.15, 0.2) is 30.6 Å². The third-order valence-electron chi connectivity index (χ3n) is 2.44. The van der Waals surface area contributed by atoms with Crippen LogP contribution in [0.1, 0.15) is 0 Å². The number of halogens is 1. The number of aromatic amines is 1. The standard InChI is InChI=1S/C11H8FN5/c12-7-3-1-6(2-4-7)10-16-8-9(13)14-5-15-11(8)17-10/h1-5H,(H3,13,14,15,16,17). The van der Waals surface area contributed by atoms with Crippen LogP contribution < -0.4 is 5.73 Å². The third-order valence-corrected chi connectivity index (χ3v) is 2.44. The van der Waals surface area contributed by atoms with Gasteiger partial charge in [0.25, 0.3) is 0 Å². The van der Waals surface area contributed by atoms with E-state index in [-0.39, 0.29) is 5.82 Å². The van der Waals surface area contributed by atoms with Gasteiger partial charge in [0, 0.05) is 5.56 Å². The van der Waals surface area contributed by atoms with Gasteiger partial charge >= 0.3 is 0 Å². The van der Waals surface area contributed by atoms with Gasteiger partial charge in [0.2, 0.25) is 0 Å². The zero-order valence-corrected chi connectivity index (χ0v) is 8.68. The van der Waals surface area contributed by atoms with Crippen LogP contribution in [-0.4, -0.2) is 19.9 Å². The molecule has 0 amide bonds. The Hall–Kier alpha value is -2.50. The van der Waals surface area contributed by atoms with Crippen LogP contribution in [0, 0.1) is 5.82 Å². The minimum atomic E-state index is -0.288. The minimum absolute atomic E-state index is 0.288. The van der Waals surface area contributed by atoms with Crippen LogP contribution in [0.4, 0.5) is 10.2 Å². The summed E-state index contributed by atoms with van der Waals surface area (Å²) >= 11 is 0. The van der Waals surface area contributed by atoms with Gasteiger partial charge in [-0.1, -0.05) is 0 Å². The van der Waals surface area contributed by atoms with Crippen molar-refractivity contribution in [3.8, 4) is 11.4 Å². The first-order valence-corrected chi connectivity index (χ1v) is 4.96. The van der Waals surface area contributed by atoms with E-state index in [1.807, 2.05) is 0 Å². The number of hydrogen-bond acceptors (Lipinski definition) is 4. The fourth-order valence-electron chi connectivity index (χ4n) is 1.59. The maximum absolute atomic E-state index is 12.8. The summed E-state index contributed by atoms with van der Waals surface area (Å²) in [6.07, 6.45) is 1.35. The zero-order chi connectivity index (χ0) is 11.8. The van der Waals surface area contributed by atoms with Crippen LogP contribution in [-0.2, 0) is 0 Å². The molecule has 0 saturated carbocycles. The van der Waals surface area contributed by atoms with Gasteiger partial charge in [0.05, 0.1) is 0 Å². The Morgan fingerprint density at radius 3 is 2.59 bits per heavy atom. The molecule has 3 rings (SSSR count). The lowest BCUT2D eigenvalue weighted by atomic mass is 10.2. The summed E-state index contributed by atoms with van der Waals surface area (Å²) < 4.78 is 12.8. The van der Waals surface area contributed by atoms with Crippen molar-refractivity contribution in [2.45, 2.75) is 0 Å². The molecule has 3 N–H and O–H groups in total. The highest BCUT2D eigenvalue weighted by Gasteiger charge is 2.08. The number of rotatable bonds is 1. The first kappa shape index (κ1) is 9.71. The molecule has 0 atom stereocenters. The molecule has 0 aliphatic heterocycles. The smallest absolute Gasteiger partial charge is 0.183 e. The molecule has 0 saturated heterocycles. The van der Waals surface area contributed by atoms with Crippen LogP contribution in [0.5, 0.6) is 0 Å². The largest absolute Gasteiger partial charge is 0.382 e. The molecule has 0 spiro atoms. The Bertz CT molecular complexity index is 674. The molecule has 17 heavy (non-hydrogen) atoms. The number of imidazole rings is 1. The van der Waals surface area contributed by atoms with E-state index in [0.717, 1.165) is 5.56 Å². The van der Waals surface area contributed by atoms with Gasteiger partial charge in [0.15, 0.2) is 11.5 Å². The molecule has 0 aliphatic rings. The van der Waals surface area contributed by atoms with E-state index < -0.39 is 0 Å². The monoisotopic (exact) mass is 229 g/mol. The molecule has 2 heterocycles. The summed E-state index contributed by atoms with van der Waals surface area (Å²) in [5, 5.41) is 0. The lowest BCUT2D eigenvalue weighted by Gasteiger charge is -1.95. The van der Waals surface area contributed by atoms with E-state index in [1.165, 1.54) is 18.5 Å². The number of nitrogens with zero attached hydrogens (tertiary/aromatic N) is 3. The number of nitrogens with two attached hydrogens (primary N) is 1. The highest BCUT2D eigenvalue weighted by atomic mass is 19.1. The summed E-state index contributed by atoms with van der Waals surface area (Å²) in [7, 11) is 0. The molecule has 84 valence electrons. The van der Waals surface area contributed by atoms with Crippen LogP contribution in [0.2, 0.25) is 0 Å². The van der Waals surface area contributed by atoms with Crippen molar-refractivity contribution < 1.29 is 4.39 Å². The first-order valence-electron chi connectivity index (χ1n) is 4.96. The second-order valence-corrected chi connectivity index (χ2v) is 3.55. The van der Waals surface area contributed by atoms with Crippen LogP contribution >= 0.6 is 0 Å². The lowest BCUT2D eigenvalue weighted by Crippen LogP contribution is -1.91. The third kappa shape index (κ3) is 1.59. The molecule has 0 bridgehead atoms. The minimum Gasteiger partial charge on any atom is -0.382 e. The number of aromatic nitrogens is 4. The topological polar surface area (TPSA) is 80.5 Å². The lowest BCUT2D eigenvalue weighted by molar-refractivity contribution is 0.628. The van der Waals surface area contributed by atoms with Crippen LogP contribution in [0.25, 0.3) is 22.6 Å². The summed E-state index contributed by atoms with van der Waals surface area (Å²) in [5.74, 6) is 0.646. The number of fused-ring (bicyclic) bond motifs is 1. The summed E-state index contributed by atoms with van der Waals surface area (Å²) in [6, 6.07) is 6.02. The number of nitrogen functional groups attached to an aromatic ring is 1. The van der Waals surface area contributed by atoms with E-state index >= 15 is 0 Å². The van der Waals surface area contributed by atoms with Gasteiger partial charge < -0.3 is 10.7 Å². The second kappa shape index (κ2) is 3.51. The first-order chi connectivity index (χ1) is 8.24. The van der Waals surface area contributed by atoms with Crippen LogP contribution in [0.3, 0.4) is 0 Å². The molecular formula is C11H8FN5. The maximum atomic E-state index is 12.8. The Labute approximate surface area is 95.5 Å². The molecule has 3 aromatic rings. The Balaban J connectivity index is 2.18. The normalized spacial score (nSPS) is 10.9. The Morgan fingerprint density at radius 2 is 1.88 bits per heavy atom. The fourth-order valence-corrected chi connectivity index (χ4v) is 1.59. The highest BCUT2D eigenvalue weighted by molar-refractivity contribution is 5.84. The van der Waals surface area contributed by atoms with E-state index in [9.17, 15) is 4.39 Å². The molecule has 0 fully saturated rings. The molecule has 1 aromatic carbocycles. The van der Waals surface area contributed by atoms with Crippen molar-refractivity contribution in [2.24, 2.45) is 0 Å². The average Bonchev–Trinajstić information content (AvgIpc) is 2.75. The maximum Gasteiger partial charge on any atom is 0.183 e. The molecule has 0 aliphatic carbocycles. The molecule has 5 nitrogen and oxygen atoms in total. The van der Waals surface area contributed by atoms with Crippen molar-refractivity contribution in [2.75, 3.05) is 5.73 Å². The summed E-state index contributed by atoms with van der Waals surface area (Å²) in [4.78, 5) is 15.1. The van der Waals surface area contributed by atoms with E-state index in [4.69, 9.17) is 5.73 Å². The predicted molar refractivity (Wildman–Crippen MR) is 61.5 cm³/mol. The van der Waals surface area contributed by atoms with Crippen molar-refractivity contribution >= 4 is 17.0 Å². The molecule has 0 unspecified atom stereocenters. The highest BCUT2D eigenvalue weighted by Crippen LogP contribution is 2.21. The van der Waals surface area contributed by atoms with Gasteiger partial charge in [-0.2, -0.15) is 0 Å². The van der Waals surface area contributed by atoms with Gasteiger partial charge in [0.1, 0.15) is 23.5 Å². The predicted octanol–water partition coefficient (Wildman–Crippen LogP) is 1.74. The number of hydrogen-bond donors (Lipinski definition) is 2. The number of nitrogens with one attached hydrogen (secondary N) is 1. The summed E-state index contributed by atoms with van der Waals surface area (Å²) in [5.41, 5.74) is 7.54. The average molecular weight is 229 g/mol. The van der Waals surface area contributed by atoms with Gasteiger partial charge in [-0.15, -0.1) is 0 Å². The summed E-state index contributed by atoms with van der Waals surface area (Å²) in [6.45, 7) is 0. The quantitative estimate of drug-likeness (QED) is 0.666. The van der Waals surface area contributed by atoms with Crippen molar-refractivity contribution in [1.82, 2.24) is 19.9 Å². The number of benzene rings is 1. The van der Waals surface area contributed by atoms with E-state index in [0.29, 0.717) is 22.8 Å². The van der Waals surface area contributed by atoms with Gasteiger partial charge in [-0.05, 0) is 24.3 Å². The van der Waals surface area contributed by atoms with Gasteiger partial charge in [-0.3, -0.25) is 0 Å². The molecular weight excluding hydrogens is 221 g/mol. The molecule has 0 radical (unpaired) electrons. The van der Waals surface area contributed by atoms with E-state index in [2.05, 4.69) is 19.9 Å². The fraction of sp³-hybridized carbons (Fsp3) is 0. The zero-order valence-electron chi connectivity index (χ0n) is 8.68. The number of anilines is 1. The Morgan fingerprint density at radius 1 is 1.12 bits per heavy atom. The van der Waals surface area contributed by atoms with Crippen molar-refractivity contribution in [3.63, 3.8) is 0 Å². The van der Waals surface area contributed by atoms with Crippen molar-refractivity contribution in [1.29, 1.82) is 0 Å². The number of H-pyrrole nitrogens is 1. The van der Waals surface area contributed by atoms with Crippen molar-refractivity contribution in [3.05, 3.63) is 36.4 Å². The molecule has 6 heteroatoms. The van der Waals surface area contributed by atoms with E-state index in [1.54, 1.807) is 12.1 Å². The molecule has 2 aromatic heterocycles. The van der Waals surface area contributed by atoms with Gasteiger partial charge in [-0.25, -0.2) is 19.3 Å². The SMILES string of the molecule is Nc1ncnc2nc(-c3ccc(F)cc3)[nH]c12. The second-order valence-electron chi connectivity index (χ2n) is 3.55. The Kier molecular flexibility index (Phi) is 2.01.